The summed E-state index contributed by atoms with van der Waals surface area (Å²) in [5.74, 6) is 1.92. The number of fused-ring (bicyclic) bond motifs is 1. The van der Waals surface area contributed by atoms with Gasteiger partial charge in [-0.3, -0.25) is 9.59 Å². The number of halogens is 1. The van der Waals surface area contributed by atoms with E-state index >= 15 is 0 Å². The summed E-state index contributed by atoms with van der Waals surface area (Å²) in [4.78, 5) is 23.8. The summed E-state index contributed by atoms with van der Waals surface area (Å²) < 4.78 is 11.7. The van der Waals surface area contributed by atoms with Crippen LogP contribution in [0.2, 0.25) is 5.02 Å². The predicted molar refractivity (Wildman–Crippen MR) is 102 cm³/mol. The maximum Gasteiger partial charge on any atom is 0.197 e. The fourth-order valence-corrected chi connectivity index (χ4v) is 4.83. The van der Waals surface area contributed by atoms with Gasteiger partial charge >= 0.3 is 0 Å². The lowest BCUT2D eigenvalue weighted by atomic mass is 9.88. The second kappa shape index (κ2) is 6.97. The van der Waals surface area contributed by atoms with Crippen molar-refractivity contribution in [2.75, 3.05) is 6.61 Å². The van der Waals surface area contributed by atoms with E-state index in [-0.39, 0.29) is 28.5 Å². The molecule has 2 aliphatic heterocycles. The molecule has 0 radical (unpaired) electrons. The third-order valence-electron chi connectivity index (χ3n) is 4.65. The number of rotatable bonds is 3. The van der Waals surface area contributed by atoms with Gasteiger partial charge in [-0.05, 0) is 42.7 Å². The molecule has 1 fully saturated rings. The highest BCUT2D eigenvalue weighted by Crippen LogP contribution is 2.45. The Morgan fingerprint density at radius 2 is 2.04 bits per heavy atom. The van der Waals surface area contributed by atoms with E-state index in [1.54, 1.807) is 0 Å². The van der Waals surface area contributed by atoms with Gasteiger partial charge in [0.25, 0.3) is 0 Å². The lowest BCUT2D eigenvalue weighted by Gasteiger charge is -2.29. The van der Waals surface area contributed by atoms with Gasteiger partial charge in [-0.1, -0.05) is 35.5 Å². The van der Waals surface area contributed by atoms with Crippen LogP contribution in [0.3, 0.4) is 0 Å². The summed E-state index contributed by atoms with van der Waals surface area (Å²) in [6.45, 7) is 2.49. The van der Waals surface area contributed by atoms with Crippen molar-refractivity contribution in [2.45, 2.75) is 30.9 Å². The lowest BCUT2D eigenvalue weighted by molar-refractivity contribution is -0.121. The largest absolute Gasteiger partial charge is 0.493 e. The Bertz CT molecular complexity index is 895. The fourth-order valence-electron chi connectivity index (χ4n) is 3.39. The highest BCUT2D eigenvalue weighted by atomic mass is 35.5. The molecule has 2 heterocycles. The van der Waals surface area contributed by atoms with Crippen LogP contribution in [0.5, 0.6) is 17.2 Å². The van der Waals surface area contributed by atoms with E-state index in [2.05, 4.69) is 0 Å². The van der Waals surface area contributed by atoms with Gasteiger partial charge in [0, 0.05) is 12.0 Å². The second-order valence-electron chi connectivity index (χ2n) is 6.53. The number of thioether (sulfide) groups is 1. The Hall–Kier alpha value is -1.98. The molecule has 0 N–H and O–H groups in total. The van der Waals surface area contributed by atoms with Crippen LogP contribution in [-0.2, 0) is 9.59 Å². The first-order valence-corrected chi connectivity index (χ1v) is 9.70. The van der Waals surface area contributed by atoms with Crippen molar-refractivity contribution >= 4 is 34.3 Å². The van der Waals surface area contributed by atoms with Gasteiger partial charge in [-0.25, -0.2) is 0 Å². The van der Waals surface area contributed by atoms with Crippen molar-refractivity contribution in [1.29, 1.82) is 0 Å². The number of aryl methyl sites for hydroxylation is 1. The first-order valence-electron chi connectivity index (χ1n) is 8.44. The molecule has 2 aliphatic rings. The number of carbonyl (C=O) groups is 2. The summed E-state index contributed by atoms with van der Waals surface area (Å²) in [5, 5.41) is 0.207. The molecule has 4 nitrogen and oxygen atoms in total. The van der Waals surface area contributed by atoms with Crippen LogP contribution in [0.25, 0.3) is 0 Å². The van der Waals surface area contributed by atoms with Crippen LogP contribution in [0.15, 0.2) is 36.4 Å². The number of benzene rings is 2. The Morgan fingerprint density at radius 3 is 2.77 bits per heavy atom. The number of Topliss-reactive ketones (excluding diaryl/α,β-unsaturated/α-hetero) is 1. The molecule has 0 aromatic heterocycles. The standard InChI is InChI=1S/C20H17ClO4S/c1-11-2-5-17(15(21)8-11)25-12-3-4-13-14(6-7-24-18(13)9-12)20-16(22)10-19(23)26-20/h2-5,8-9,14,20H,6-7,10H2,1H3. The van der Waals surface area contributed by atoms with E-state index in [1.807, 2.05) is 43.3 Å². The first-order chi connectivity index (χ1) is 12.5. The zero-order valence-corrected chi connectivity index (χ0v) is 15.7. The zero-order valence-electron chi connectivity index (χ0n) is 14.2. The molecule has 2 unspecified atom stereocenters. The van der Waals surface area contributed by atoms with E-state index in [0.717, 1.165) is 29.3 Å². The molecular weight excluding hydrogens is 372 g/mol. The van der Waals surface area contributed by atoms with Crippen LogP contribution in [0.1, 0.15) is 29.9 Å². The van der Waals surface area contributed by atoms with Crippen LogP contribution in [0.4, 0.5) is 0 Å². The Kier molecular flexibility index (Phi) is 4.67. The highest BCUT2D eigenvalue weighted by Gasteiger charge is 2.40. The summed E-state index contributed by atoms with van der Waals surface area (Å²) >= 11 is 7.39. The molecule has 26 heavy (non-hydrogen) atoms. The SMILES string of the molecule is Cc1ccc(Oc2ccc3c(c2)OCCC3C2SC(=O)CC2=O)c(Cl)c1. The smallest absolute Gasteiger partial charge is 0.197 e. The molecule has 134 valence electrons. The van der Waals surface area contributed by atoms with Gasteiger partial charge in [0.2, 0.25) is 0 Å². The van der Waals surface area contributed by atoms with E-state index in [9.17, 15) is 9.59 Å². The minimum atomic E-state index is -0.302. The molecule has 0 saturated carbocycles. The molecule has 0 amide bonds. The molecule has 2 aromatic carbocycles. The Balaban J connectivity index is 1.60. The number of carbonyl (C=O) groups excluding carboxylic acids is 2. The van der Waals surface area contributed by atoms with Crippen LogP contribution in [0, 0.1) is 6.92 Å². The molecule has 1 saturated heterocycles. The quantitative estimate of drug-likeness (QED) is 0.699. The van der Waals surface area contributed by atoms with Crippen LogP contribution in [-0.4, -0.2) is 22.8 Å². The van der Waals surface area contributed by atoms with E-state index in [4.69, 9.17) is 21.1 Å². The maximum atomic E-state index is 12.1. The summed E-state index contributed by atoms with van der Waals surface area (Å²) in [6, 6.07) is 11.2. The minimum Gasteiger partial charge on any atom is -0.493 e. The number of hydrogen-bond acceptors (Lipinski definition) is 5. The first kappa shape index (κ1) is 17.4. The monoisotopic (exact) mass is 388 g/mol. The van der Waals surface area contributed by atoms with Crippen molar-refractivity contribution in [1.82, 2.24) is 0 Å². The summed E-state index contributed by atoms with van der Waals surface area (Å²) in [6.07, 6.45) is 0.767. The molecule has 2 aromatic rings. The number of hydrogen-bond donors (Lipinski definition) is 0. The number of ether oxygens (including phenoxy) is 2. The van der Waals surface area contributed by atoms with Crippen molar-refractivity contribution in [3.8, 4) is 17.2 Å². The molecule has 2 atom stereocenters. The molecule has 0 bridgehead atoms. The fraction of sp³-hybridized carbons (Fsp3) is 0.300. The van der Waals surface area contributed by atoms with E-state index < -0.39 is 0 Å². The van der Waals surface area contributed by atoms with Gasteiger partial charge < -0.3 is 9.47 Å². The molecule has 0 aliphatic carbocycles. The average Bonchev–Trinajstić information content (AvgIpc) is 2.95. The minimum absolute atomic E-state index is 0.000266. The third kappa shape index (κ3) is 3.33. The predicted octanol–water partition coefficient (Wildman–Crippen LogP) is 4.91. The molecule has 6 heteroatoms. The Morgan fingerprint density at radius 1 is 1.19 bits per heavy atom. The number of ketones is 1. The van der Waals surface area contributed by atoms with Crippen molar-refractivity contribution < 1.29 is 19.1 Å². The van der Waals surface area contributed by atoms with Crippen LogP contribution >= 0.6 is 23.4 Å². The maximum absolute atomic E-state index is 12.1. The van der Waals surface area contributed by atoms with Crippen molar-refractivity contribution in [2.24, 2.45) is 0 Å². The molecular formula is C20H17ClO4S. The third-order valence-corrected chi connectivity index (χ3v) is 6.19. The van der Waals surface area contributed by atoms with Gasteiger partial charge in [0.05, 0.1) is 23.3 Å². The van der Waals surface area contributed by atoms with E-state index in [1.165, 1.54) is 0 Å². The van der Waals surface area contributed by atoms with Crippen molar-refractivity contribution in [3.63, 3.8) is 0 Å². The topological polar surface area (TPSA) is 52.6 Å². The summed E-state index contributed by atoms with van der Waals surface area (Å²) in [5.41, 5.74) is 2.02. The zero-order chi connectivity index (χ0) is 18.3. The van der Waals surface area contributed by atoms with Gasteiger partial charge in [0.1, 0.15) is 17.2 Å². The highest BCUT2D eigenvalue weighted by molar-refractivity contribution is 8.15. The van der Waals surface area contributed by atoms with Gasteiger partial charge in [-0.15, -0.1) is 0 Å². The second-order valence-corrected chi connectivity index (χ2v) is 8.14. The van der Waals surface area contributed by atoms with Gasteiger partial charge in [0.15, 0.2) is 10.9 Å². The Labute approximate surface area is 160 Å². The molecule has 4 rings (SSSR count). The molecule has 0 spiro atoms. The van der Waals surface area contributed by atoms with E-state index in [0.29, 0.717) is 28.9 Å². The summed E-state index contributed by atoms with van der Waals surface area (Å²) in [7, 11) is 0. The van der Waals surface area contributed by atoms with Crippen LogP contribution < -0.4 is 9.47 Å². The van der Waals surface area contributed by atoms with Gasteiger partial charge in [-0.2, -0.15) is 0 Å². The average molecular weight is 389 g/mol. The lowest BCUT2D eigenvalue weighted by Crippen LogP contribution is -2.26. The van der Waals surface area contributed by atoms with Crippen molar-refractivity contribution in [3.05, 3.63) is 52.5 Å². The normalized spacial score (nSPS) is 22.1.